The lowest BCUT2D eigenvalue weighted by Gasteiger charge is -2.34. The topological polar surface area (TPSA) is 65.7 Å². The summed E-state index contributed by atoms with van der Waals surface area (Å²) in [6.45, 7) is 12.3. The van der Waals surface area contributed by atoms with Gasteiger partial charge in [0, 0.05) is 59.2 Å². The number of amides is 1. The second-order valence-corrected chi connectivity index (χ2v) is 7.85. The maximum absolute atomic E-state index is 12.0. The molecule has 0 N–H and O–H groups in total. The van der Waals surface area contributed by atoms with Crippen molar-refractivity contribution in [1.29, 1.82) is 0 Å². The van der Waals surface area contributed by atoms with Crippen LogP contribution in [0.15, 0.2) is 4.52 Å². The van der Waals surface area contributed by atoms with Gasteiger partial charge in [-0.05, 0) is 24.2 Å². The third-order valence-corrected chi connectivity index (χ3v) is 6.06. The number of aromatic nitrogens is 2. The quantitative estimate of drug-likeness (QED) is 0.765. The maximum atomic E-state index is 12.0. The van der Waals surface area contributed by atoms with Gasteiger partial charge in [-0.15, -0.1) is 0 Å². The van der Waals surface area contributed by atoms with Gasteiger partial charge in [0.25, 0.3) is 0 Å². The smallest absolute Gasteiger partial charge is 0.223 e. The normalized spacial score (nSPS) is 29.8. The van der Waals surface area contributed by atoms with Gasteiger partial charge in [0.2, 0.25) is 11.8 Å². The molecule has 4 rings (SSSR count). The van der Waals surface area contributed by atoms with Gasteiger partial charge in [-0.2, -0.15) is 4.98 Å². The molecular weight excluding hydrogens is 318 g/mol. The zero-order chi connectivity index (χ0) is 17.4. The van der Waals surface area contributed by atoms with Gasteiger partial charge < -0.3 is 14.3 Å². The first-order valence-electron chi connectivity index (χ1n) is 9.65. The molecule has 1 unspecified atom stereocenters. The van der Waals surface area contributed by atoms with Crippen molar-refractivity contribution in [2.24, 2.45) is 17.8 Å². The van der Waals surface area contributed by atoms with Crippen molar-refractivity contribution < 1.29 is 9.32 Å². The molecular formula is C18H29N5O2. The molecule has 0 radical (unpaired) electrons. The lowest BCUT2D eigenvalue weighted by atomic mass is 10.2. The third-order valence-electron chi connectivity index (χ3n) is 6.06. The van der Waals surface area contributed by atoms with Crippen LogP contribution in [0.25, 0.3) is 0 Å². The molecule has 2 saturated heterocycles. The first-order valence-corrected chi connectivity index (χ1v) is 9.65. The van der Waals surface area contributed by atoms with Crippen molar-refractivity contribution in [3.05, 3.63) is 11.7 Å². The Morgan fingerprint density at radius 2 is 1.84 bits per heavy atom. The number of piperazine rings is 1. The van der Waals surface area contributed by atoms with Crippen LogP contribution < -0.4 is 0 Å². The minimum atomic E-state index is 0.360. The van der Waals surface area contributed by atoms with E-state index in [1.165, 1.54) is 6.54 Å². The van der Waals surface area contributed by atoms with E-state index in [0.717, 1.165) is 75.8 Å². The number of piperidine rings is 1. The molecule has 1 saturated carbocycles. The van der Waals surface area contributed by atoms with Crippen LogP contribution in [0.3, 0.4) is 0 Å². The number of fused-ring (bicyclic) bond motifs is 1. The van der Waals surface area contributed by atoms with E-state index in [1.807, 2.05) is 6.92 Å². The summed E-state index contributed by atoms with van der Waals surface area (Å²) in [5, 5.41) is 3.99. The van der Waals surface area contributed by atoms with Crippen molar-refractivity contribution >= 4 is 5.91 Å². The Morgan fingerprint density at radius 3 is 2.44 bits per heavy atom. The third kappa shape index (κ3) is 3.72. The largest absolute Gasteiger partial charge is 0.342 e. The summed E-state index contributed by atoms with van der Waals surface area (Å²) in [7, 11) is 0. The van der Waals surface area contributed by atoms with Crippen LogP contribution in [0.4, 0.5) is 0 Å². The van der Waals surface area contributed by atoms with Gasteiger partial charge >= 0.3 is 0 Å². The number of hydrogen-bond donors (Lipinski definition) is 0. The minimum absolute atomic E-state index is 0.360. The zero-order valence-electron chi connectivity index (χ0n) is 15.4. The van der Waals surface area contributed by atoms with Gasteiger partial charge in [-0.1, -0.05) is 12.1 Å². The highest BCUT2D eigenvalue weighted by atomic mass is 16.5. The Bertz CT molecular complexity index is 598. The summed E-state index contributed by atoms with van der Waals surface area (Å²) in [5.74, 6) is 4.14. The highest BCUT2D eigenvalue weighted by molar-refractivity contribution is 5.76. The fourth-order valence-electron chi connectivity index (χ4n) is 4.53. The first-order chi connectivity index (χ1) is 12.1. The number of carbonyl (C=O) groups excluding carboxylic acids is 1. The molecule has 0 aromatic carbocycles. The van der Waals surface area contributed by atoms with Crippen molar-refractivity contribution in [2.75, 3.05) is 45.8 Å². The van der Waals surface area contributed by atoms with E-state index in [9.17, 15) is 4.79 Å². The Balaban J connectivity index is 1.17. The minimum Gasteiger partial charge on any atom is -0.342 e. The Morgan fingerprint density at radius 1 is 1.16 bits per heavy atom. The SMILES string of the molecule is CCCC(=O)N1C[C@@H]2C(CN3CCN(Cc4noc(C)n4)CC3)[C@@H]2C1. The maximum Gasteiger partial charge on any atom is 0.223 e. The van der Waals surface area contributed by atoms with Crippen LogP contribution in [0, 0.1) is 24.7 Å². The summed E-state index contributed by atoms with van der Waals surface area (Å²) in [6.07, 6.45) is 1.67. The predicted molar refractivity (Wildman–Crippen MR) is 92.7 cm³/mol. The van der Waals surface area contributed by atoms with Gasteiger partial charge in [-0.25, -0.2) is 0 Å². The molecule has 1 aromatic rings. The Kier molecular flexibility index (Phi) is 4.78. The van der Waals surface area contributed by atoms with E-state index in [4.69, 9.17) is 4.52 Å². The number of aryl methyl sites for hydroxylation is 1. The fourth-order valence-corrected chi connectivity index (χ4v) is 4.53. The molecule has 3 atom stereocenters. The summed E-state index contributed by atoms with van der Waals surface area (Å²) >= 11 is 0. The molecule has 25 heavy (non-hydrogen) atoms. The Labute approximate surface area is 149 Å². The molecule has 7 nitrogen and oxygen atoms in total. The molecule has 7 heteroatoms. The van der Waals surface area contributed by atoms with Gasteiger partial charge in [0.05, 0.1) is 6.54 Å². The number of hydrogen-bond acceptors (Lipinski definition) is 6. The average Bonchev–Trinajstić information content (AvgIpc) is 2.94. The summed E-state index contributed by atoms with van der Waals surface area (Å²) in [5.41, 5.74) is 0. The van der Waals surface area contributed by atoms with E-state index in [-0.39, 0.29) is 0 Å². The van der Waals surface area contributed by atoms with E-state index in [2.05, 4.69) is 31.8 Å². The van der Waals surface area contributed by atoms with E-state index >= 15 is 0 Å². The number of nitrogens with zero attached hydrogens (tertiary/aromatic N) is 5. The fraction of sp³-hybridized carbons (Fsp3) is 0.833. The molecule has 2 aliphatic heterocycles. The first kappa shape index (κ1) is 17.0. The molecule has 138 valence electrons. The van der Waals surface area contributed by atoms with Crippen molar-refractivity contribution in [3.8, 4) is 0 Å². The lowest BCUT2D eigenvalue weighted by molar-refractivity contribution is -0.130. The molecule has 1 amide bonds. The van der Waals surface area contributed by atoms with E-state index in [1.54, 1.807) is 0 Å². The van der Waals surface area contributed by atoms with E-state index < -0.39 is 0 Å². The highest BCUT2D eigenvalue weighted by Crippen LogP contribution is 2.52. The van der Waals surface area contributed by atoms with Crippen LogP contribution in [0.2, 0.25) is 0 Å². The number of rotatable bonds is 6. The van der Waals surface area contributed by atoms with Crippen molar-refractivity contribution in [2.45, 2.75) is 33.2 Å². The van der Waals surface area contributed by atoms with E-state index in [0.29, 0.717) is 18.2 Å². The lowest BCUT2D eigenvalue weighted by Crippen LogP contribution is -2.47. The summed E-state index contributed by atoms with van der Waals surface area (Å²) in [6, 6.07) is 0. The second-order valence-electron chi connectivity index (χ2n) is 7.85. The molecule has 3 fully saturated rings. The second kappa shape index (κ2) is 7.03. The predicted octanol–water partition coefficient (Wildman–Crippen LogP) is 1.00. The van der Waals surface area contributed by atoms with Crippen LogP contribution in [-0.2, 0) is 11.3 Å². The Hall–Kier alpha value is -1.47. The molecule has 0 bridgehead atoms. The van der Waals surface area contributed by atoms with Gasteiger partial charge in [-0.3, -0.25) is 9.69 Å². The van der Waals surface area contributed by atoms with Crippen LogP contribution in [0.1, 0.15) is 31.5 Å². The summed E-state index contributed by atoms with van der Waals surface area (Å²) < 4.78 is 5.04. The summed E-state index contributed by atoms with van der Waals surface area (Å²) in [4.78, 5) is 23.4. The molecule has 3 heterocycles. The van der Waals surface area contributed by atoms with Crippen LogP contribution in [-0.4, -0.2) is 76.6 Å². The molecule has 1 aliphatic carbocycles. The highest BCUT2D eigenvalue weighted by Gasteiger charge is 2.56. The molecule has 3 aliphatic rings. The number of likely N-dealkylation sites (tertiary alicyclic amines) is 1. The van der Waals surface area contributed by atoms with Crippen molar-refractivity contribution in [3.63, 3.8) is 0 Å². The van der Waals surface area contributed by atoms with Crippen LogP contribution >= 0.6 is 0 Å². The van der Waals surface area contributed by atoms with Gasteiger partial charge in [0.1, 0.15) is 0 Å². The van der Waals surface area contributed by atoms with Gasteiger partial charge in [0.15, 0.2) is 5.82 Å². The standard InChI is InChI=1S/C18H29N5O2/c1-3-4-18(24)23-10-15-14(16(15)11-23)9-21-5-7-22(8-6-21)12-17-19-13(2)25-20-17/h14-16H,3-12H2,1-2H3/t14?,15-,16+. The average molecular weight is 347 g/mol. The molecule has 0 spiro atoms. The van der Waals surface area contributed by atoms with Crippen LogP contribution in [0.5, 0.6) is 0 Å². The number of carbonyl (C=O) groups is 1. The zero-order valence-corrected chi connectivity index (χ0v) is 15.4. The van der Waals surface area contributed by atoms with Crippen molar-refractivity contribution in [1.82, 2.24) is 24.8 Å². The molecule has 1 aromatic heterocycles. The monoisotopic (exact) mass is 347 g/mol.